The molecule has 146 valence electrons. The number of para-hydroxylation sites is 4. The van der Waals surface area contributed by atoms with E-state index in [1.807, 2.05) is 109 Å². The van der Waals surface area contributed by atoms with Gasteiger partial charge in [-0.15, -0.1) is 0 Å². The maximum atomic E-state index is 13.9. The highest BCUT2D eigenvalue weighted by atomic mass is 16.2. The molecule has 4 aromatic carbocycles. The summed E-state index contributed by atoms with van der Waals surface area (Å²) < 4.78 is 1.87. The topological polar surface area (TPSA) is 25.2 Å². The predicted octanol–water partition coefficient (Wildman–Crippen LogP) is 6.66. The molecule has 0 spiro atoms. The number of carbonyl (C=O) groups is 1. The summed E-state index contributed by atoms with van der Waals surface area (Å²) in [6.45, 7) is 1.98. The largest absolute Gasteiger partial charge is 0.329 e. The van der Waals surface area contributed by atoms with Crippen molar-refractivity contribution in [3.63, 3.8) is 0 Å². The van der Waals surface area contributed by atoms with Gasteiger partial charge in [-0.1, -0.05) is 72.8 Å². The molecule has 1 heterocycles. The van der Waals surface area contributed by atoms with Crippen molar-refractivity contribution in [1.82, 2.24) is 4.57 Å². The maximum Gasteiger partial charge on any atom is 0.254 e. The SMILES string of the molecule is CC(C(=O)n1c2ccccc2c2ccccc21)N(c1ccccc1)c1ccccc1. The van der Waals surface area contributed by atoms with Gasteiger partial charge in [0.2, 0.25) is 0 Å². The van der Waals surface area contributed by atoms with Crippen molar-refractivity contribution < 1.29 is 4.79 Å². The van der Waals surface area contributed by atoms with Gasteiger partial charge in [-0.25, -0.2) is 0 Å². The smallest absolute Gasteiger partial charge is 0.254 e. The molecule has 0 N–H and O–H groups in total. The van der Waals surface area contributed by atoms with Gasteiger partial charge in [-0.2, -0.15) is 0 Å². The second-order valence-corrected chi connectivity index (χ2v) is 7.43. The van der Waals surface area contributed by atoms with Crippen LogP contribution >= 0.6 is 0 Å². The van der Waals surface area contributed by atoms with Crippen LogP contribution in [0, 0.1) is 0 Å². The Hall–Kier alpha value is -3.85. The Morgan fingerprint density at radius 1 is 0.633 bits per heavy atom. The number of aromatic nitrogens is 1. The number of hydrogen-bond acceptors (Lipinski definition) is 2. The third-order valence-corrected chi connectivity index (χ3v) is 5.61. The van der Waals surface area contributed by atoms with E-state index in [1.54, 1.807) is 0 Å². The Morgan fingerprint density at radius 2 is 1.03 bits per heavy atom. The molecule has 0 aliphatic rings. The van der Waals surface area contributed by atoms with Crippen molar-refractivity contribution in [2.75, 3.05) is 4.90 Å². The van der Waals surface area contributed by atoms with Gasteiger partial charge in [0.1, 0.15) is 6.04 Å². The first-order valence-corrected chi connectivity index (χ1v) is 10.2. The minimum Gasteiger partial charge on any atom is -0.329 e. The fourth-order valence-corrected chi connectivity index (χ4v) is 4.23. The first kappa shape index (κ1) is 18.2. The number of benzene rings is 4. The minimum atomic E-state index is -0.394. The molecular weight excluding hydrogens is 368 g/mol. The molecule has 0 bridgehead atoms. The van der Waals surface area contributed by atoms with Gasteiger partial charge < -0.3 is 4.90 Å². The van der Waals surface area contributed by atoms with Crippen LogP contribution in [0.5, 0.6) is 0 Å². The number of nitrogens with zero attached hydrogens (tertiary/aromatic N) is 2. The molecule has 0 radical (unpaired) electrons. The molecule has 0 amide bonds. The van der Waals surface area contributed by atoms with Crippen LogP contribution in [0.3, 0.4) is 0 Å². The molecule has 0 fully saturated rings. The van der Waals surface area contributed by atoms with Gasteiger partial charge in [0, 0.05) is 22.1 Å². The Bertz CT molecular complexity index is 1230. The molecule has 0 saturated heterocycles. The minimum absolute atomic E-state index is 0.0418. The Morgan fingerprint density at radius 3 is 1.50 bits per heavy atom. The third-order valence-electron chi connectivity index (χ3n) is 5.61. The highest BCUT2D eigenvalue weighted by molar-refractivity contribution is 6.14. The van der Waals surface area contributed by atoms with Crippen LogP contribution in [-0.4, -0.2) is 16.5 Å². The van der Waals surface area contributed by atoms with Gasteiger partial charge in [0.05, 0.1) is 11.0 Å². The average molecular weight is 390 g/mol. The number of carbonyl (C=O) groups excluding carboxylic acids is 1. The van der Waals surface area contributed by atoms with E-state index < -0.39 is 6.04 Å². The first-order valence-electron chi connectivity index (χ1n) is 10.2. The van der Waals surface area contributed by atoms with E-state index in [9.17, 15) is 4.79 Å². The molecule has 1 aromatic heterocycles. The second kappa shape index (κ2) is 7.53. The van der Waals surface area contributed by atoms with Crippen LogP contribution < -0.4 is 4.90 Å². The summed E-state index contributed by atoms with van der Waals surface area (Å²) in [5.41, 5.74) is 3.86. The summed E-state index contributed by atoms with van der Waals surface area (Å²) in [5.74, 6) is 0.0418. The van der Waals surface area contributed by atoms with E-state index >= 15 is 0 Å². The summed E-state index contributed by atoms with van der Waals surface area (Å²) in [7, 11) is 0. The zero-order chi connectivity index (χ0) is 20.5. The van der Waals surface area contributed by atoms with Gasteiger partial charge in [-0.05, 0) is 43.3 Å². The predicted molar refractivity (Wildman–Crippen MR) is 125 cm³/mol. The lowest BCUT2D eigenvalue weighted by molar-refractivity contribution is 0.0897. The van der Waals surface area contributed by atoms with Crippen molar-refractivity contribution in [3.8, 4) is 0 Å². The van der Waals surface area contributed by atoms with Gasteiger partial charge in [0.15, 0.2) is 0 Å². The molecule has 3 nitrogen and oxygen atoms in total. The summed E-state index contributed by atoms with van der Waals surface area (Å²) in [4.78, 5) is 16.0. The summed E-state index contributed by atoms with van der Waals surface area (Å²) >= 11 is 0. The zero-order valence-corrected chi connectivity index (χ0v) is 16.8. The van der Waals surface area contributed by atoms with Crippen LogP contribution in [0.2, 0.25) is 0 Å². The standard InChI is InChI=1S/C27H22N2O/c1-20(28(21-12-4-2-5-13-21)22-14-6-3-7-15-22)27(30)29-25-18-10-8-16-23(25)24-17-9-11-19-26(24)29/h2-20H,1H3. The molecular formula is C27H22N2O. The van der Waals surface area contributed by atoms with Crippen molar-refractivity contribution in [3.05, 3.63) is 109 Å². The van der Waals surface area contributed by atoms with Crippen LogP contribution in [0.4, 0.5) is 11.4 Å². The van der Waals surface area contributed by atoms with Gasteiger partial charge in [0.25, 0.3) is 5.91 Å². The second-order valence-electron chi connectivity index (χ2n) is 7.43. The van der Waals surface area contributed by atoms with E-state index in [0.29, 0.717) is 0 Å². The van der Waals surface area contributed by atoms with Crippen molar-refractivity contribution in [2.45, 2.75) is 13.0 Å². The summed E-state index contributed by atoms with van der Waals surface area (Å²) in [6, 6.07) is 36.0. The molecule has 0 aliphatic carbocycles. The molecule has 5 rings (SSSR count). The van der Waals surface area contributed by atoms with Crippen LogP contribution in [0.25, 0.3) is 21.8 Å². The first-order chi connectivity index (χ1) is 14.8. The molecule has 1 atom stereocenters. The fraction of sp³-hybridized carbons (Fsp3) is 0.0741. The summed E-state index contributed by atoms with van der Waals surface area (Å²) in [6.07, 6.45) is 0. The molecule has 0 aliphatic heterocycles. The molecule has 0 saturated carbocycles. The monoisotopic (exact) mass is 390 g/mol. The number of hydrogen-bond donors (Lipinski definition) is 0. The molecule has 1 unspecified atom stereocenters. The molecule has 3 heteroatoms. The lowest BCUT2D eigenvalue weighted by Crippen LogP contribution is -2.38. The van der Waals surface area contributed by atoms with Crippen molar-refractivity contribution in [1.29, 1.82) is 0 Å². The highest BCUT2D eigenvalue weighted by Crippen LogP contribution is 2.32. The fourth-order valence-electron chi connectivity index (χ4n) is 4.23. The van der Waals surface area contributed by atoms with Gasteiger partial charge in [-0.3, -0.25) is 9.36 Å². The Labute approximate surface area is 175 Å². The van der Waals surface area contributed by atoms with Gasteiger partial charge >= 0.3 is 0 Å². The molecule has 30 heavy (non-hydrogen) atoms. The van der Waals surface area contributed by atoms with Crippen LogP contribution in [0.1, 0.15) is 11.7 Å². The van der Waals surface area contributed by atoms with Crippen molar-refractivity contribution in [2.24, 2.45) is 0 Å². The molecule has 5 aromatic rings. The van der Waals surface area contributed by atoms with Crippen molar-refractivity contribution >= 4 is 39.1 Å². The Balaban J connectivity index is 1.68. The number of fused-ring (bicyclic) bond motifs is 3. The third kappa shape index (κ3) is 2.96. The van der Waals surface area contributed by atoms with E-state index in [0.717, 1.165) is 33.2 Å². The Kier molecular flexibility index (Phi) is 4.56. The lowest BCUT2D eigenvalue weighted by atomic mass is 10.1. The zero-order valence-electron chi connectivity index (χ0n) is 16.8. The number of rotatable bonds is 4. The van der Waals surface area contributed by atoms with Crippen LogP contribution in [-0.2, 0) is 0 Å². The van der Waals surface area contributed by atoms with E-state index in [4.69, 9.17) is 0 Å². The number of anilines is 2. The van der Waals surface area contributed by atoms with E-state index in [2.05, 4.69) is 17.0 Å². The average Bonchev–Trinajstić information content (AvgIpc) is 3.15. The van der Waals surface area contributed by atoms with E-state index in [1.165, 1.54) is 0 Å². The summed E-state index contributed by atoms with van der Waals surface area (Å²) in [5, 5.41) is 2.19. The van der Waals surface area contributed by atoms with E-state index in [-0.39, 0.29) is 5.91 Å². The lowest BCUT2D eigenvalue weighted by Gasteiger charge is -2.31. The highest BCUT2D eigenvalue weighted by Gasteiger charge is 2.27. The van der Waals surface area contributed by atoms with Crippen LogP contribution in [0.15, 0.2) is 109 Å². The maximum absolute atomic E-state index is 13.9. The quantitative estimate of drug-likeness (QED) is 0.343. The normalized spacial score (nSPS) is 12.2.